The molecule has 1 aromatic rings. The highest BCUT2D eigenvalue weighted by Crippen LogP contribution is 2.20. The van der Waals surface area contributed by atoms with Crippen molar-refractivity contribution in [1.29, 1.82) is 0 Å². The summed E-state index contributed by atoms with van der Waals surface area (Å²) < 4.78 is 32.0. The zero-order valence-corrected chi connectivity index (χ0v) is 17.4. The van der Waals surface area contributed by atoms with Crippen LogP contribution in [0.15, 0.2) is 29.2 Å². The van der Waals surface area contributed by atoms with E-state index in [1.807, 2.05) is 4.90 Å². The fourth-order valence-electron chi connectivity index (χ4n) is 3.69. The third-order valence-corrected chi connectivity index (χ3v) is 7.25. The average Bonchev–Trinajstić information content (AvgIpc) is 3.21. The molecule has 1 aromatic carbocycles. The van der Waals surface area contributed by atoms with Crippen molar-refractivity contribution in [3.05, 3.63) is 24.3 Å². The Hall–Kier alpha value is -2.17. The lowest BCUT2D eigenvalue weighted by Crippen LogP contribution is -2.52. The van der Waals surface area contributed by atoms with Crippen molar-refractivity contribution in [3.8, 4) is 5.75 Å². The summed E-state index contributed by atoms with van der Waals surface area (Å²) in [5, 5.41) is 5.17. The first-order valence-electron chi connectivity index (χ1n) is 9.85. The molecule has 29 heavy (non-hydrogen) atoms. The van der Waals surface area contributed by atoms with E-state index in [4.69, 9.17) is 4.74 Å². The van der Waals surface area contributed by atoms with Crippen LogP contribution in [0, 0.1) is 0 Å². The van der Waals surface area contributed by atoms with Crippen LogP contribution in [0.25, 0.3) is 0 Å². The lowest BCUT2D eigenvalue weighted by Gasteiger charge is -2.33. The first-order chi connectivity index (χ1) is 13.9. The third kappa shape index (κ3) is 5.68. The van der Waals surface area contributed by atoms with Gasteiger partial charge in [0.2, 0.25) is 15.9 Å². The number of nitrogens with one attached hydrogen (secondary N) is 2. The Morgan fingerprint density at radius 1 is 1.07 bits per heavy atom. The largest absolute Gasteiger partial charge is 0.497 e. The van der Waals surface area contributed by atoms with Crippen molar-refractivity contribution < 1.29 is 22.7 Å². The third-order valence-electron chi connectivity index (χ3n) is 5.34. The molecule has 0 aromatic heterocycles. The van der Waals surface area contributed by atoms with Gasteiger partial charge in [0.1, 0.15) is 5.75 Å². The van der Waals surface area contributed by atoms with Crippen LogP contribution in [0.4, 0.5) is 4.79 Å². The molecule has 1 saturated heterocycles. The summed E-state index contributed by atoms with van der Waals surface area (Å²) in [4.78, 5) is 26.0. The molecule has 0 spiro atoms. The Balaban J connectivity index is 1.45. The summed E-state index contributed by atoms with van der Waals surface area (Å²) in [5.74, 6) is 0.212. The molecular weight excluding hydrogens is 396 g/mol. The maximum Gasteiger partial charge on any atom is 0.321 e. The number of nitrogens with zero attached hydrogens (tertiary/aromatic N) is 2. The Kier molecular flexibility index (Phi) is 7.09. The Morgan fingerprint density at radius 2 is 1.69 bits per heavy atom. The Morgan fingerprint density at radius 3 is 2.28 bits per heavy atom. The van der Waals surface area contributed by atoms with Crippen molar-refractivity contribution >= 4 is 22.0 Å². The van der Waals surface area contributed by atoms with Gasteiger partial charge >= 0.3 is 6.03 Å². The molecule has 2 aliphatic rings. The number of sulfonamides is 1. The summed E-state index contributed by atoms with van der Waals surface area (Å²) in [6.07, 6.45) is 4.10. The van der Waals surface area contributed by atoms with Gasteiger partial charge in [-0.1, -0.05) is 12.8 Å². The van der Waals surface area contributed by atoms with Crippen LogP contribution < -0.4 is 15.4 Å². The van der Waals surface area contributed by atoms with Gasteiger partial charge in [-0.25, -0.2) is 13.2 Å². The molecule has 0 unspecified atom stereocenters. The number of imide groups is 1. The van der Waals surface area contributed by atoms with Crippen molar-refractivity contribution in [2.45, 2.75) is 36.6 Å². The van der Waals surface area contributed by atoms with Crippen LogP contribution >= 0.6 is 0 Å². The monoisotopic (exact) mass is 424 g/mol. The molecule has 9 nitrogen and oxygen atoms in total. The number of urea groups is 1. The number of ether oxygens (including phenoxy) is 1. The molecule has 160 valence electrons. The van der Waals surface area contributed by atoms with E-state index < -0.39 is 16.1 Å². The average molecular weight is 425 g/mol. The molecule has 0 bridgehead atoms. The number of hydrogen-bond donors (Lipinski definition) is 2. The van der Waals surface area contributed by atoms with Crippen LogP contribution in [0.2, 0.25) is 0 Å². The van der Waals surface area contributed by atoms with Crippen molar-refractivity contribution in [1.82, 2.24) is 19.8 Å². The first-order valence-corrected chi connectivity index (χ1v) is 11.3. The van der Waals surface area contributed by atoms with E-state index in [1.165, 1.54) is 23.5 Å². The minimum absolute atomic E-state index is 0.0640. The van der Waals surface area contributed by atoms with Crippen LogP contribution in [-0.2, 0) is 14.8 Å². The smallest absolute Gasteiger partial charge is 0.321 e. The molecule has 3 rings (SSSR count). The Bertz CT molecular complexity index is 814. The number of methoxy groups -OCH3 is 1. The number of hydrogen-bond acceptors (Lipinski definition) is 6. The van der Waals surface area contributed by atoms with E-state index in [0.29, 0.717) is 18.8 Å². The van der Waals surface area contributed by atoms with Gasteiger partial charge in [0.25, 0.3) is 0 Å². The van der Waals surface area contributed by atoms with Gasteiger partial charge in [0, 0.05) is 32.2 Å². The number of carbonyl (C=O) groups excluding carboxylic acids is 2. The number of rotatable bonds is 6. The van der Waals surface area contributed by atoms with Crippen LogP contribution in [0.3, 0.4) is 0 Å². The topological polar surface area (TPSA) is 108 Å². The molecule has 1 heterocycles. The molecule has 10 heteroatoms. The van der Waals surface area contributed by atoms with E-state index in [-0.39, 0.29) is 36.5 Å². The van der Waals surface area contributed by atoms with E-state index in [2.05, 4.69) is 10.6 Å². The van der Waals surface area contributed by atoms with Gasteiger partial charge in [-0.3, -0.25) is 15.0 Å². The number of amides is 3. The summed E-state index contributed by atoms with van der Waals surface area (Å²) in [7, 11) is -2.06. The van der Waals surface area contributed by atoms with Gasteiger partial charge in [0.05, 0.1) is 18.6 Å². The molecule has 1 saturated carbocycles. The highest BCUT2D eigenvalue weighted by Gasteiger charge is 2.29. The maximum atomic E-state index is 12.8. The molecule has 2 N–H and O–H groups in total. The summed E-state index contributed by atoms with van der Waals surface area (Å²) in [5.41, 5.74) is 0. The number of benzene rings is 1. The number of carbonyl (C=O) groups is 2. The molecule has 3 amide bonds. The summed E-state index contributed by atoms with van der Waals surface area (Å²) >= 11 is 0. The summed E-state index contributed by atoms with van der Waals surface area (Å²) in [6.45, 7) is 1.49. The zero-order chi connectivity index (χ0) is 20.9. The van der Waals surface area contributed by atoms with Gasteiger partial charge in [-0.05, 0) is 37.1 Å². The molecule has 0 radical (unpaired) electrons. The van der Waals surface area contributed by atoms with Crippen molar-refractivity contribution in [2.75, 3.05) is 39.8 Å². The van der Waals surface area contributed by atoms with E-state index in [0.717, 1.165) is 25.7 Å². The molecule has 0 atom stereocenters. The second kappa shape index (κ2) is 9.55. The molecular formula is C19H28N4O5S. The lowest BCUT2D eigenvalue weighted by molar-refractivity contribution is -0.121. The SMILES string of the molecule is COc1ccc(S(=O)(=O)N2CCN(CC(=O)NC(=O)NC3CCCC3)CC2)cc1. The normalized spacial score (nSPS) is 19.1. The van der Waals surface area contributed by atoms with Crippen LogP contribution in [-0.4, -0.2) is 75.4 Å². The van der Waals surface area contributed by atoms with Crippen molar-refractivity contribution in [2.24, 2.45) is 0 Å². The minimum atomic E-state index is -3.58. The van der Waals surface area contributed by atoms with Gasteiger partial charge in [0.15, 0.2) is 0 Å². The predicted molar refractivity (Wildman–Crippen MR) is 107 cm³/mol. The highest BCUT2D eigenvalue weighted by molar-refractivity contribution is 7.89. The standard InChI is InChI=1S/C19H28N4O5S/c1-28-16-6-8-17(9-7-16)29(26,27)23-12-10-22(11-13-23)14-18(24)21-19(25)20-15-4-2-3-5-15/h6-9,15H,2-5,10-14H2,1H3,(H2,20,21,24,25). The molecule has 1 aliphatic heterocycles. The Labute approximate surface area is 171 Å². The van der Waals surface area contributed by atoms with E-state index in [1.54, 1.807) is 12.1 Å². The number of piperazine rings is 1. The lowest BCUT2D eigenvalue weighted by atomic mass is 10.2. The second-order valence-corrected chi connectivity index (χ2v) is 9.30. The highest BCUT2D eigenvalue weighted by atomic mass is 32.2. The quantitative estimate of drug-likeness (QED) is 0.698. The fraction of sp³-hybridized carbons (Fsp3) is 0.579. The van der Waals surface area contributed by atoms with Crippen LogP contribution in [0.5, 0.6) is 5.75 Å². The van der Waals surface area contributed by atoms with Gasteiger partial charge in [-0.15, -0.1) is 0 Å². The van der Waals surface area contributed by atoms with Crippen molar-refractivity contribution in [3.63, 3.8) is 0 Å². The molecule has 2 fully saturated rings. The minimum Gasteiger partial charge on any atom is -0.497 e. The first kappa shape index (κ1) is 21.5. The van der Waals surface area contributed by atoms with E-state index >= 15 is 0 Å². The fourth-order valence-corrected chi connectivity index (χ4v) is 5.11. The zero-order valence-electron chi connectivity index (χ0n) is 16.6. The van der Waals surface area contributed by atoms with Gasteiger partial charge < -0.3 is 10.1 Å². The van der Waals surface area contributed by atoms with E-state index in [9.17, 15) is 18.0 Å². The van der Waals surface area contributed by atoms with Crippen LogP contribution in [0.1, 0.15) is 25.7 Å². The maximum absolute atomic E-state index is 12.8. The van der Waals surface area contributed by atoms with Gasteiger partial charge in [-0.2, -0.15) is 4.31 Å². The second-order valence-electron chi connectivity index (χ2n) is 7.36. The summed E-state index contributed by atoms with van der Waals surface area (Å²) in [6, 6.07) is 5.97. The molecule has 1 aliphatic carbocycles. The predicted octanol–water partition coefficient (Wildman–Crippen LogP) is 0.770.